The number of nitrogens with zero attached hydrogens (tertiary/aromatic N) is 2. The molecule has 1 saturated heterocycles. The number of hydrogen-bond donors (Lipinski definition) is 0. The van der Waals surface area contributed by atoms with E-state index in [1.54, 1.807) is 0 Å². The number of piperidine rings is 1. The average molecular weight is 322 g/mol. The molecule has 1 radical (unpaired) electrons. The molecule has 1 fully saturated rings. The fourth-order valence-electron chi connectivity index (χ4n) is 3.37. The first kappa shape index (κ1) is 14.5. The molecule has 0 unspecified atom stereocenters. The topological polar surface area (TPSA) is 16.1 Å². The summed E-state index contributed by atoms with van der Waals surface area (Å²) in [4.78, 5) is 7.14. The number of hydrogen-bond acceptors (Lipinski definition) is 2. The Labute approximate surface area is 141 Å². The van der Waals surface area contributed by atoms with Crippen molar-refractivity contribution in [2.75, 3.05) is 18.0 Å². The number of aromatic nitrogens is 1. The van der Waals surface area contributed by atoms with Gasteiger partial charge in [-0.2, -0.15) is 0 Å². The van der Waals surface area contributed by atoms with Gasteiger partial charge in [0.15, 0.2) is 0 Å². The van der Waals surface area contributed by atoms with Gasteiger partial charge in [0.25, 0.3) is 0 Å². The van der Waals surface area contributed by atoms with E-state index in [9.17, 15) is 0 Å². The summed E-state index contributed by atoms with van der Waals surface area (Å²) in [6.45, 7) is 2.06. The van der Waals surface area contributed by atoms with Crippen molar-refractivity contribution in [1.82, 2.24) is 4.98 Å². The van der Waals surface area contributed by atoms with Gasteiger partial charge >= 0.3 is 0 Å². The Kier molecular flexibility index (Phi) is 3.92. The van der Waals surface area contributed by atoms with E-state index < -0.39 is 0 Å². The summed E-state index contributed by atoms with van der Waals surface area (Å²) in [5.41, 5.74) is 2.30. The third kappa shape index (κ3) is 3.04. The minimum absolute atomic E-state index is 0.594. The molecule has 0 amide bonds. The lowest BCUT2D eigenvalue weighted by molar-refractivity contribution is 0.503. The maximum absolute atomic E-state index is 6.12. The Bertz CT molecular complexity index is 822. The van der Waals surface area contributed by atoms with E-state index in [-0.39, 0.29) is 0 Å². The van der Waals surface area contributed by atoms with Gasteiger partial charge in [-0.05, 0) is 48.6 Å². The first-order valence-electron chi connectivity index (χ1n) is 8.07. The van der Waals surface area contributed by atoms with Gasteiger partial charge in [0.1, 0.15) is 5.82 Å². The Hall–Kier alpha value is -2.06. The van der Waals surface area contributed by atoms with Crippen LogP contribution in [0.1, 0.15) is 24.3 Å². The number of rotatable bonds is 2. The fraction of sp³-hybridized carbons (Fsp3) is 0.250. The van der Waals surface area contributed by atoms with Crippen molar-refractivity contribution in [3.05, 3.63) is 71.2 Å². The van der Waals surface area contributed by atoms with Gasteiger partial charge in [-0.15, -0.1) is 0 Å². The van der Waals surface area contributed by atoms with Crippen LogP contribution in [0.2, 0.25) is 5.02 Å². The van der Waals surface area contributed by atoms with E-state index in [1.165, 1.54) is 5.56 Å². The van der Waals surface area contributed by atoms with Crippen molar-refractivity contribution in [3.8, 4) is 0 Å². The molecule has 115 valence electrons. The van der Waals surface area contributed by atoms with E-state index in [0.717, 1.165) is 47.7 Å². The molecule has 0 spiro atoms. The van der Waals surface area contributed by atoms with Gasteiger partial charge < -0.3 is 4.90 Å². The molecule has 3 aromatic rings. The first-order chi connectivity index (χ1) is 11.3. The lowest BCUT2D eigenvalue weighted by Gasteiger charge is -2.33. The molecule has 2 nitrogen and oxygen atoms in total. The molecule has 23 heavy (non-hydrogen) atoms. The Morgan fingerprint density at radius 2 is 1.91 bits per heavy atom. The van der Waals surface area contributed by atoms with E-state index in [0.29, 0.717) is 5.92 Å². The van der Waals surface area contributed by atoms with E-state index in [4.69, 9.17) is 16.6 Å². The maximum Gasteiger partial charge on any atom is 0.129 e. The van der Waals surface area contributed by atoms with E-state index >= 15 is 0 Å². The van der Waals surface area contributed by atoms with Crippen LogP contribution in [0, 0.1) is 6.07 Å². The van der Waals surface area contributed by atoms with Crippen molar-refractivity contribution >= 4 is 28.3 Å². The smallest absolute Gasteiger partial charge is 0.129 e. The third-order valence-corrected chi connectivity index (χ3v) is 4.88. The van der Waals surface area contributed by atoms with Crippen molar-refractivity contribution in [2.45, 2.75) is 18.8 Å². The lowest BCUT2D eigenvalue weighted by atomic mass is 9.89. The van der Waals surface area contributed by atoms with Crippen LogP contribution in [0.15, 0.2) is 54.6 Å². The van der Waals surface area contributed by atoms with Gasteiger partial charge in [-0.25, -0.2) is 4.98 Å². The summed E-state index contributed by atoms with van der Waals surface area (Å²) in [5, 5.41) is 1.97. The normalized spacial score (nSPS) is 16.0. The highest BCUT2D eigenvalue weighted by Crippen LogP contribution is 2.31. The predicted molar refractivity (Wildman–Crippen MR) is 96.2 cm³/mol. The molecule has 0 bridgehead atoms. The average Bonchev–Trinajstić information content (AvgIpc) is 2.61. The Morgan fingerprint density at radius 1 is 1.04 bits per heavy atom. The first-order valence-corrected chi connectivity index (χ1v) is 8.45. The monoisotopic (exact) mass is 321 g/mol. The second-order valence-corrected chi connectivity index (χ2v) is 6.53. The largest absolute Gasteiger partial charge is 0.357 e. The molecule has 0 N–H and O–H groups in total. The van der Waals surface area contributed by atoms with Crippen LogP contribution in [-0.4, -0.2) is 18.1 Å². The molecule has 1 aliphatic rings. The number of para-hydroxylation sites is 1. The van der Waals surface area contributed by atoms with Crippen LogP contribution in [-0.2, 0) is 0 Å². The molecule has 3 heteroatoms. The molecule has 4 rings (SSSR count). The molecule has 0 saturated carbocycles. The number of halogens is 1. The summed E-state index contributed by atoms with van der Waals surface area (Å²) in [7, 11) is 0. The quantitative estimate of drug-likeness (QED) is 0.655. The summed E-state index contributed by atoms with van der Waals surface area (Å²) in [6, 6.07) is 21.8. The number of pyridine rings is 1. The van der Waals surface area contributed by atoms with Crippen LogP contribution in [0.4, 0.5) is 5.82 Å². The summed E-state index contributed by atoms with van der Waals surface area (Å²) in [5.74, 6) is 1.65. The molecular formula is C20H18ClN2. The molecular weight excluding hydrogens is 304 g/mol. The van der Waals surface area contributed by atoms with Crippen molar-refractivity contribution in [1.29, 1.82) is 0 Å². The van der Waals surface area contributed by atoms with Crippen LogP contribution >= 0.6 is 11.6 Å². The zero-order chi connectivity index (χ0) is 15.6. The molecule has 0 atom stereocenters. The Balaban J connectivity index is 1.50. The van der Waals surface area contributed by atoms with Crippen molar-refractivity contribution in [3.63, 3.8) is 0 Å². The maximum atomic E-state index is 6.12. The van der Waals surface area contributed by atoms with E-state index in [2.05, 4.69) is 41.3 Å². The van der Waals surface area contributed by atoms with Crippen molar-refractivity contribution in [2.24, 2.45) is 0 Å². The van der Waals surface area contributed by atoms with Crippen LogP contribution in [0.5, 0.6) is 0 Å². The number of fused-ring (bicyclic) bond motifs is 1. The molecule has 1 aromatic heterocycles. The van der Waals surface area contributed by atoms with Gasteiger partial charge in [0.05, 0.1) is 5.52 Å². The predicted octanol–water partition coefficient (Wildman–Crippen LogP) is 5.07. The van der Waals surface area contributed by atoms with Crippen LogP contribution in [0.25, 0.3) is 10.9 Å². The Morgan fingerprint density at radius 3 is 2.74 bits per heavy atom. The third-order valence-electron chi connectivity index (χ3n) is 4.64. The molecule has 2 heterocycles. The summed E-state index contributed by atoms with van der Waals surface area (Å²) >= 11 is 6.12. The highest BCUT2D eigenvalue weighted by molar-refractivity contribution is 6.30. The van der Waals surface area contributed by atoms with Crippen LogP contribution in [0.3, 0.4) is 0 Å². The zero-order valence-corrected chi connectivity index (χ0v) is 13.6. The fourth-order valence-corrected chi connectivity index (χ4v) is 3.57. The highest BCUT2D eigenvalue weighted by atomic mass is 35.5. The van der Waals surface area contributed by atoms with Crippen LogP contribution < -0.4 is 4.90 Å². The lowest BCUT2D eigenvalue weighted by Crippen LogP contribution is -2.33. The van der Waals surface area contributed by atoms with Crippen molar-refractivity contribution < 1.29 is 0 Å². The van der Waals surface area contributed by atoms with E-state index in [1.807, 2.05) is 24.3 Å². The van der Waals surface area contributed by atoms with Gasteiger partial charge in [-0.3, -0.25) is 0 Å². The second-order valence-electron chi connectivity index (χ2n) is 6.09. The highest BCUT2D eigenvalue weighted by Gasteiger charge is 2.21. The number of benzene rings is 2. The van der Waals surface area contributed by atoms with Gasteiger partial charge in [0.2, 0.25) is 0 Å². The zero-order valence-electron chi connectivity index (χ0n) is 12.9. The minimum Gasteiger partial charge on any atom is -0.357 e. The summed E-state index contributed by atoms with van der Waals surface area (Å²) in [6.07, 6.45) is 2.27. The van der Waals surface area contributed by atoms with Gasteiger partial charge in [-0.1, -0.05) is 41.9 Å². The standard InChI is InChI=1S/C20H18ClN2/c21-18-6-3-5-17(14-18)15-10-12-23(13-11-15)20-9-8-16-4-1-2-7-19(16)22-20/h1-6,8-9,14-15H,10-13H2. The molecule has 1 aliphatic heterocycles. The molecule has 2 aromatic carbocycles. The van der Waals surface area contributed by atoms with Gasteiger partial charge in [0, 0.05) is 29.6 Å². The SMILES string of the molecule is Clc1cccc(C2CCN(c3ccc4ccc[c]c4n3)CC2)c1. The second kappa shape index (κ2) is 6.21. The number of anilines is 1. The summed E-state index contributed by atoms with van der Waals surface area (Å²) < 4.78 is 0. The minimum atomic E-state index is 0.594. The molecule has 0 aliphatic carbocycles.